The van der Waals surface area contributed by atoms with Gasteiger partial charge in [-0.25, -0.2) is 4.79 Å². The van der Waals surface area contributed by atoms with Gasteiger partial charge >= 0.3 is 6.09 Å². The van der Waals surface area contributed by atoms with Gasteiger partial charge in [0.2, 0.25) is 5.91 Å². The number of nitrogens with zero attached hydrogens (tertiary/aromatic N) is 2. The fourth-order valence-electron chi connectivity index (χ4n) is 4.71. The van der Waals surface area contributed by atoms with Crippen molar-refractivity contribution in [3.05, 3.63) is 65.1 Å². The van der Waals surface area contributed by atoms with Crippen LogP contribution in [0.15, 0.2) is 48.4 Å². The van der Waals surface area contributed by atoms with Crippen molar-refractivity contribution in [2.45, 2.75) is 44.2 Å². The van der Waals surface area contributed by atoms with Crippen LogP contribution in [0.1, 0.15) is 42.9 Å². The van der Waals surface area contributed by atoms with E-state index in [4.69, 9.17) is 15.9 Å². The summed E-state index contributed by atoms with van der Waals surface area (Å²) < 4.78 is 5.65. The molecule has 1 saturated heterocycles. The van der Waals surface area contributed by atoms with Crippen LogP contribution in [0.2, 0.25) is 0 Å². The third-order valence-corrected chi connectivity index (χ3v) is 6.42. The van der Waals surface area contributed by atoms with Crippen LogP contribution in [0.4, 0.5) is 10.5 Å². The Hall–Kier alpha value is -3.68. The number of allylic oxidation sites excluding steroid dienone is 2. The lowest BCUT2D eigenvalue weighted by molar-refractivity contribution is -0.119. The van der Waals surface area contributed by atoms with E-state index in [1.54, 1.807) is 17.3 Å². The topological polar surface area (TPSA) is 121 Å². The van der Waals surface area contributed by atoms with Gasteiger partial charge in [0.15, 0.2) is 5.60 Å². The summed E-state index contributed by atoms with van der Waals surface area (Å²) in [6.45, 7) is 1.87. The monoisotopic (exact) mass is 431 g/mol. The highest BCUT2D eigenvalue weighted by atomic mass is 16.6. The van der Waals surface area contributed by atoms with Crippen molar-refractivity contribution in [3.8, 4) is 0 Å². The smallest absolute Gasteiger partial charge is 0.415 e. The molecule has 8 nitrogen and oxygen atoms in total. The number of carbonyl (C=O) groups excluding carboxylic acids is 2. The van der Waals surface area contributed by atoms with E-state index in [1.165, 1.54) is 6.92 Å². The fraction of sp³-hybridized carbons (Fsp3) is 0.333. The number of carbonyl (C=O) groups is 2. The third kappa shape index (κ3) is 3.41. The number of nitrogens with one attached hydrogen (secondary N) is 2. The summed E-state index contributed by atoms with van der Waals surface area (Å²) in [5, 5.41) is 11.6. The summed E-state index contributed by atoms with van der Waals surface area (Å²) in [4.78, 5) is 29.8. The minimum absolute atomic E-state index is 0.126. The lowest BCUT2D eigenvalue weighted by Crippen LogP contribution is -2.33. The van der Waals surface area contributed by atoms with E-state index in [-0.39, 0.29) is 11.9 Å². The van der Waals surface area contributed by atoms with Gasteiger partial charge in [0.05, 0.1) is 18.3 Å². The quantitative estimate of drug-likeness (QED) is 0.643. The highest BCUT2D eigenvalue weighted by Gasteiger charge is 2.64. The molecule has 1 saturated carbocycles. The van der Waals surface area contributed by atoms with Gasteiger partial charge in [0.25, 0.3) is 0 Å². The van der Waals surface area contributed by atoms with E-state index in [9.17, 15) is 9.59 Å². The summed E-state index contributed by atoms with van der Waals surface area (Å²) >= 11 is 0. The molecule has 8 heteroatoms. The number of pyridine rings is 1. The lowest BCUT2D eigenvalue weighted by atomic mass is 9.91. The van der Waals surface area contributed by atoms with E-state index in [0.717, 1.165) is 35.2 Å². The highest BCUT2D eigenvalue weighted by molar-refractivity contribution is 6.31. The Bertz CT molecular complexity index is 1160. The minimum Gasteiger partial charge on any atom is -0.438 e. The molecule has 0 radical (unpaired) electrons. The molecule has 2 fully saturated rings. The number of benzene rings is 1. The van der Waals surface area contributed by atoms with Crippen molar-refractivity contribution in [1.29, 1.82) is 5.41 Å². The number of hydrogen-bond donors (Lipinski definition) is 3. The maximum atomic E-state index is 12.6. The second-order valence-electron chi connectivity index (χ2n) is 8.69. The molecule has 2 amide bonds. The first kappa shape index (κ1) is 20.2. The largest absolute Gasteiger partial charge is 0.438 e. The first-order valence-electron chi connectivity index (χ1n) is 10.8. The molecular formula is C24H25N5O3. The number of anilines is 1. The standard InChI is InChI=1S/C24H25N5O3/c1-14(30)28-20-11-24(20)13-29(23(31)32-24)17-7-8-18-15(10-17)4-2-6-19(25)21(18)22(26)16-5-3-9-27-12-16/h3,5,7-10,12,20,26H,2,4,6,11,13,25H2,1H3,(H,28,30). The SMILES string of the molecule is CC(=O)NC1CC12CN(c1ccc3c(c1)CCCC(N)=C3C(=N)c1cccnc1)C(=O)O2. The fourth-order valence-corrected chi connectivity index (χ4v) is 4.71. The van der Waals surface area contributed by atoms with Crippen molar-refractivity contribution in [2.75, 3.05) is 11.4 Å². The molecule has 0 bridgehead atoms. The lowest BCUT2D eigenvalue weighted by Gasteiger charge is -2.18. The number of hydrogen-bond acceptors (Lipinski definition) is 6. The van der Waals surface area contributed by atoms with Gasteiger partial charge in [-0.05, 0) is 54.7 Å². The Balaban J connectivity index is 1.45. The number of fused-ring (bicyclic) bond motifs is 1. The van der Waals surface area contributed by atoms with Gasteiger partial charge in [-0.15, -0.1) is 0 Å². The average Bonchev–Trinajstić information content (AvgIpc) is 3.35. The maximum Gasteiger partial charge on any atom is 0.415 e. The zero-order chi connectivity index (χ0) is 22.5. The van der Waals surface area contributed by atoms with E-state index in [0.29, 0.717) is 36.4 Å². The van der Waals surface area contributed by atoms with Crippen molar-refractivity contribution in [1.82, 2.24) is 10.3 Å². The van der Waals surface area contributed by atoms with Crippen LogP contribution >= 0.6 is 0 Å². The van der Waals surface area contributed by atoms with E-state index in [2.05, 4.69) is 10.3 Å². The molecule has 2 unspecified atom stereocenters. The van der Waals surface area contributed by atoms with Crippen molar-refractivity contribution in [3.63, 3.8) is 0 Å². The number of ether oxygens (including phenoxy) is 1. The molecule has 1 aromatic heterocycles. The van der Waals surface area contributed by atoms with E-state index < -0.39 is 11.7 Å². The van der Waals surface area contributed by atoms with Crippen molar-refractivity contribution in [2.24, 2.45) is 5.73 Å². The number of aromatic nitrogens is 1. The van der Waals surface area contributed by atoms with Gasteiger partial charge in [-0.3, -0.25) is 20.1 Å². The summed E-state index contributed by atoms with van der Waals surface area (Å²) in [7, 11) is 0. The van der Waals surface area contributed by atoms with Crippen LogP contribution in [0.3, 0.4) is 0 Å². The second kappa shape index (κ2) is 7.47. The maximum absolute atomic E-state index is 12.6. The average molecular weight is 431 g/mol. The molecule has 32 heavy (non-hydrogen) atoms. The van der Waals surface area contributed by atoms with Crippen LogP contribution in [0.25, 0.3) is 5.57 Å². The molecule has 4 N–H and O–H groups in total. The van der Waals surface area contributed by atoms with E-state index >= 15 is 0 Å². The molecule has 3 aliphatic rings. The number of aryl methyl sites for hydroxylation is 1. The van der Waals surface area contributed by atoms with Crippen LogP contribution in [-0.4, -0.2) is 40.9 Å². The molecule has 5 rings (SSSR count). The first-order valence-corrected chi connectivity index (χ1v) is 10.8. The van der Waals surface area contributed by atoms with Crippen LogP contribution in [0, 0.1) is 5.41 Å². The predicted molar refractivity (Wildman–Crippen MR) is 120 cm³/mol. The minimum atomic E-state index is -0.631. The highest BCUT2D eigenvalue weighted by Crippen LogP contribution is 2.46. The summed E-state index contributed by atoms with van der Waals surface area (Å²) in [5.74, 6) is -0.126. The van der Waals surface area contributed by atoms with Crippen molar-refractivity contribution >= 4 is 29.0 Å². The Kier molecular flexibility index (Phi) is 4.73. The summed E-state index contributed by atoms with van der Waals surface area (Å²) in [6, 6.07) is 9.35. The number of amides is 2. The Morgan fingerprint density at radius 2 is 2.19 bits per heavy atom. The van der Waals surface area contributed by atoms with Gasteiger partial charge in [-0.1, -0.05) is 6.07 Å². The van der Waals surface area contributed by atoms with Crippen LogP contribution in [0.5, 0.6) is 0 Å². The zero-order valence-corrected chi connectivity index (χ0v) is 17.9. The molecule has 2 aliphatic carbocycles. The summed E-state index contributed by atoms with van der Waals surface area (Å²) in [6.07, 6.45) is 5.95. The predicted octanol–water partition coefficient (Wildman–Crippen LogP) is 2.76. The summed E-state index contributed by atoms with van der Waals surface area (Å²) in [5.41, 5.74) is 11.0. The van der Waals surface area contributed by atoms with Crippen LogP contribution < -0.4 is 16.0 Å². The van der Waals surface area contributed by atoms with Gasteiger partial charge in [-0.2, -0.15) is 0 Å². The van der Waals surface area contributed by atoms with Gasteiger partial charge < -0.3 is 15.8 Å². The normalized spacial score (nSPS) is 24.1. The van der Waals surface area contributed by atoms with Crippen molar-refractivity contribution < 1.29 is 14.3 Å². The van der Waals surface area contributed by atoms with Gasteiger partial charge in [0, 0.05) is 48.3 Å². The molecule has 1 aliphatic heterocycles. The molecule has 1 spiro atoms. The first-order chi connectivity index (χ1) is 15.4. The Labute approximate surface area is 186 Å². The zero-order valence-electron chi connectivity index (χ0n) is 17.9. The number of nitrogens with two attached hydrogens (primary N) is 1. The Morgan fingerprint density at radius 3 is 2.94 bits per heavy atom. The molecule has 2 atom stereocenters. The molecule has 164 valence electrons. The second-order valence-corrected chi connectivity index (χ2v) is 8.69. The molecule has 2 heterocycles. The third-order valence-electron chi connectivity index (χ3n) is 6.42. The van der Waals surface area contributed by atoms with Gasteiger partial charge in [0.1, 0.15) is 0 Å². The Morgan fingerprint density at radius 1 is 1.34 bits per heavy atom. The number of rotatable bonds is 4. The molecule has 1 aromatic carbocycles. The van der Waals surface area contributed by atoms with E-state index in [1.807, 2.05) is 30.3 Å². The van der Waals surface area contributed by atoms with Crippen LogP contribution in [-0.2, 0) is 16.0 Å². The molecular weight excluding hydrogens is 406 g/mol. The molecule has 2 aromatic rings.